The number of nitrogens with zero attached hydrogens (tertiary/aromatic N) is 1. The van der Waals surface area contributed by atoms with Crippen molar-refractivity contribution in [3.63, 3.8) is 0 Å². The van der Waals surface area contributed by atoms with Gasteiger partial charge in [0.05, 0.1) is 21.7 Å². The topological polar surface area (TPSA) is 49.8 Å². The molecule has 1 N–H and O–H groups in total. The molecule has 25 heavy (non-hydrogen) atoms. The van der Waals surface area contributed by atoms with Crippen LogP contribution in [0, 0.1) is 0 Å². The van der Waals surface area contributed by atoms with Gasteiger partial charge in [-0.25, -0.2) is 0 Å². The minimum absolute atomic E-state index is 0.0378. The first-order valence-corrected chi connectivity index (χ1v) is 9.51. The van der Waals surface area contributed by atoms with E-state index in [1.807, 2.05) is 37.3 Å². The van der Waals surface area contributed by atoms with Crippen molar-refractivity contribution >= 4 is 61.9 Å². The van der Waals surface area contributed by atoms with Crippen LogP contribution in [0.3, 0.4) is 0 Å². The number of hydrogen-bond donors (Lipinski definition) is 1. The molecule has 1 fully saturated rings. The van der Waals surface area contributed by atoms with Crippen LogP contribution in [-0.2, 0) is 4.79 Å². The largest absolute Gasteiger partial charge is 0.503 e. The predicted octanol–water partition coefficient (Wildman–Crippen LogP) is 4.96. The van der Waals surface area contributed by atoms with Gasteiger partial charge in [0, 0.05) is 0 Å². The third-order valence-electron chi connectivity index (χ3n) is 3.46. The van der Waals surface area contributed by atoms with E-state index in [0.717, 1.165) is 11.3 Å². The highest BCUT2D eigenvalue weighted by Crippen LogP contribution is 2.39. The molecule has 0 spiro atoms. The van der Waals surface area contributed by atoms with Crippen molar-refractivity contribution in [1.29, 1.82) is 0 Å². The quantitative estimate of drug-likeness (QED) is 0.543. The number of amides is 1. The van der Waals surface area contributed by atoms with Crippen LogP contribution in [0.25, 0.3) is 6.08 Å². The lowest BCUT2D eigenvalue weighted by Gasteiger charge is -2.13. The van der Waals surface area contributed by atoms with E-state index in [0.29, 0.717) is 26.1 Å². The number of thiocarbonyl (C=S) groups is 1. The van der Waals surface area contributed by atoms with E-state index in [4.69, 9.17) is 17.0 Å². The molecule has 1 aliphatic heterocycles. The molecule has 0 unspecified atom stereocenters. The van der Waals surface area contributed by atoms with Crippen molar-refractivity contribution in [1.82, 2.24) is 0 Å². The molecule has 0 bridgehead atoms. The summed E-state index contributed by atoms with van der Waals surface area (Å²) in [6.07, 6.45) is 1.74. The van der Waals surface area contributed by atoms with Gasteiger partial charge in [0.15, 0.2) is 15.8 Å². The molecule has 128 valence electrons. The van der Waals surface area contributed by atoms with Gasteiger partial charge in [-0.15, -0.1) is 0 Å². The second-order valence-corrected chi connectivity index (χ2v) is 7.67. The smallest absolute Gasteiger partial charge is 0.270 e. The summed E-state index contributed by atoms with van der Waals surface area (Å²) in [5.74, 6) is 0.237. The summed E-state index contributed by atoms with van der Waals surface area (Å²) in [6.45, 7) is 2.27. The van der Waals surface area contributed by atoms with Crippen LogP contribution < -0.4 is 9.64 Å². The number of para-hydroxylation sites is 1. The molecule has 0 aromatic heterocycles. The van der Waals surface area contributed by atoms with Crippen LogP contribution in [0.15, 0.2) is 51.8 Å². The number of ether oxygens (including phenoxy) is 1. The summed E-state index contributed by atoms with van der Waals surface area (Å²) in [5.41, 5.74) is 1.48. The zero-order chi connectivity index (χ0) is 18.0. The molecule has 2 aromatic carbocycles. The van der Waals surface area contributed by atoms with Crippen LogP contribution in [0.2, 0.25) is 0 Å². The Morgan fingerprint density at radius 2 is 2.04 bits per heavy atom. The van der Waals surface area contributed by atoms with Gasteiger partial charge in [-0.1, -0.05) is 42.2 Å². The normalized spacial score (nSPS) is 15.9. The van der Waals surface area contributed by atoms with Gasteiger partial charge >= 0.3 is 0 Å². The van der Waals surface area contributed by atoms with E-state index < -0.39 is 0 Å². The molecule has 1 heterocycles. The maximum Gasteiger partial charge on any atom is 0.270 e. The molecule has 1 saturated heterocycles. The predicted molar refractivity (Wildman–Crippen MR) is 109 cm³/mol. The number of thioether (sulfide) groups is 1. The van der Waals surface area contributed by atoms with E-state index in [1.54, 1.807) is 18.2 Å². The van der Waals surface area contributed by atoms with Crippen LogP contribution >= 0.6 is 39.9 Å². The molecule has 2 aromatic rings. The van der Waals surface area contributed by atoms with E-state index in [-0.39, 0.29) is 11.7 Å². The second kappa shape index (κ2) is 7.59. The standard InChI is InChI=1S/C18H14BrNO3S2/c1-2-23-14-9-11(8-13(19)16(14)21)10-15-17(22)20(18(24)25-15)12-6-4-3-5-7-12/h3-10,21H,2H2,1H3/b15-10-. The van der Waals surface area contributed by atoms with Gasteiger partial charge in [-0.2, -0.15) is 0 Å². The molecule has 3 rings (SSSR count). The first kappa shape index (κ1) is 18.0. The lowest BCUT2D eigenvalue weighted by atomic mass is 10.2. The molecule has 1 amide bonds. The van der Waals surface area contributed by atoms with Gasteiger partial charge in [-0.05, 0) is 58.8 Å². The van der Waals surface area contributed by atoms with Crippen LogP contribution in [0.5, 0.6) is 11.5 Å². The van der Waals surface area contributed by atoms with Crippen LogP contribution in [0.1, 0.15) is 12.5 Å². The first-order valence-electron chi connectivity index (χ1n) is 7.49. The first-order chi connectivity index (χ1) is 12.0. The summed E-state index contributed by atoms with van der Waals surface area (Å²) >= 11 is 9.92. The number of hydrogen-bond acceptors (Lipinski definition) is 5. The van der Waals surface area contributed by atoms with Gasteiger partial charge in [-0.3, -0.25) is 9.69 Å². The van der Waals surface area contributed by atoms with Crippen molar-refractivity contribution < 1.29 is 14.6 Å². The van der Waals surface area contributed by atoms with Crippen molar-refractivity contribution in [2.75, 3.05) is 11.5 Å². The zero-order valence-corrected chi connectivity index (χ0v) is 16.5. The highest BCUT2D eigenvalue weighted by Gasteiger charge is 2.33. The summed E-state index contributed by atoms with van der Waals surface area (Å²) in [6, 6.07) is 12.7. The van der Waals surface area contributed by atoms with E-state index in [9.17, 15) is 9.90 Å². The Morgan fingerprint density at radius 3 is 2.72 bits per heavy atom. The Kier molecular flexibility index (Phi) is 5.46. The van der Waals surface area contributed by atoms with E-state index in [2.05, 4.69) is 15.9 Å². The fraction of sp³-hybridized carbons (Fsp3) is 0.111. The monoisotopic (exact) mass is 435 g/mol. The van der Waals surface area contributed by atoms with Gasteiger partial charge in [0.1, 0.15) is 0 Å². The minimum Gasteiger partial charge on any atom is -0.503 e. The van der Waals surface area contributed by atoms with E-state index in [1.165, 1.54) is 16.7 Å². The highest BCUT2D eigenvalue weighted by molar-refractivity contribution is 9.10. The van der Waals surface area contributed by atoms with Gasteiger partial charge in [0.2, 0.25) is 0 Å². The summed E-state index contributed by atoms with van der Waals surface area (Å²) < 4.78 is 6.42. The van der Waals surface area contributed by atoms with Crippen LogP contribution in [-0.4, -0.2) is 21.9 Å². The van der Waals surface area contributed by atoms with Gasteiger partial charge in [0.25, 0.3) is 5.91 Å². The Bertz CT molecular complexity index is 868. The average molecular weight is 436 g/mol. The number of halogens is 1. The lowest BCUT2D eigenvalue weighted by Crippen LogP contribution is -2.27. The maximum atomic E-state index is 12.7. The zero-order valence-electron chi connectivity index (χ0n) is 13.2. The second-order valence-electron chi connectivity index (χ2n) is 5.14. The molecule has 0 radical (unpaired) electrons. The Hall–Kier alpha value is -1.83. The van der Waals surface area contributed by atoms with Gasteiger partial charge < -0.3 is 9.84 Å². The molecule has 1 aliphatic rings. The third kappa shape index (κ3) is 3.73. The summed E-state index contributed by atoms with van der Waals surface area (Å²) in [5, 5.41) is 10.0. The van der Waals surface area contributed by atoms with Crippen LogP contribution in [0.4, 0.5) is 5.69 Å². The van der Waals surface area contributed by atoms with Crippen molar-refractivity contribution in [3.05, 3.63) is 57.4 Å². The lowest BCUT2D eigenvalue weighted by molar-refractivity contribution is -0.113. The fourth-order valence-corrected chi connectivity index (χ4v) is 4.12. The number of phenolic OH excluding ortho intramolecular Hbond substituents is 1. The molecule has 0 saturated carbocycles. The Balaban J connectivity index is 1.95. The maximum absolute atomic E-state index is 12.7. The number of rotatable bonds is 4. The number of anilines is 1. The third-order valence-corrected chi connectivity index (χ3v) is 5.36. The number of phenols is 1. The Labute approximate surface area is 163 Å². The highest BCUT2D eigenvalue weighted by atomic mass is 79.9. The molecule has 0 atom stereocenters. The average Bonchev–Trinajstić information content (AvgIpc) is 2.87. The number of carbonyl (C=O) groups is 1. The number of carbonyl (C=O) groups excluding carboxylic acids is 1. The van der Waals surface area contributed by atoms with Crippen molar-refractivity contribution in [2.45, 2.75) is 6.92 Å². The molecule has 4 nitrogen and oxygen atoms in total. The Morgan fingerprint density at radius 1 is 1.32 bits per heavy atom. The van der Waals surface area contributed by atoms with Crippen molar-refractivity contribution in [3.8, 4) is 11.5 Å². The van der Waals surface area contributed by atoms with Crippen molar-refractivity contribution in [2.24, 2.45) is 0 Å². The summed E-state index contributed by atoms with van der Waals surface area (Å²) in [4.78, 5) is 14.8. The molecular formula is C18H14BrNO3S2. The molecular weight excluding hydrogens is 422 g/mol. The SMILES string of the molecule is CCOc1cc(/C=C2\SC(=S)N(c3ccccc3)C2=O)cc(Br)c1O. The fourth-order valence-electron chi connectivity index (χ4n) is 2.36. The molecule has 0 aliphatic carbocycles. The molecule has 7 heteroatoms. The summed E-state index contributed by atoms with van der Waals surface area (Å²) in [7, 11) is 0. The number of aromatic hydroxyl groups is 1. The minimum atomic E-state index is -0.164. The number of benzene rings is 2. The van der Waals surface area contributed by atoms with E-state index >= 15 is 0 Å².